The lowest BCUT2D eigenvalue weighted by Crippen LogP contribution is -2.61. The molecule has 0 saturated carbocycles. The smallest absolute Gasteiger partial charge is 0.270 e. The summed E-state index contributed by atoms with van der Waals surface area (Å²) >= 11 is 0. The lowest BCUT2D eigenvalue weighted by molar-refractivity contribution is -0.138. The van der Waals surface area contributed by atoms with Gasteiger partial charge in [-0.1, -0.05) is 0 Å². The Balaban J connectivity index is 1.27. The SMILES string of the molecule is C[C@@H]1CN(CC(=O)N2CCN(C(=O)c3cc4cc(F)c(F)cc4n3C)C[C@H]2C)[C@@H](COCCOCCOCCO)CN1. The van der Waals surface area contributed by atoms with Gasteiger partial charge < -0.3 is 39.0 Å². The Morgan fingerprint density at radius 1 is 0.976 bits per heavy atom. The second-order valence-electron chi connectivity index (χ2n) is 11.0. The van der Waals surface area contributed by atoms with Gasteiger partial charge in [0.25, 0.3) is 5.91 Å². The number of aryl methyl sites for hydroxylation is 1. The summed E-state index contributed by atoms with van der Waals surface area (Å²) < 4.78 is 45.6. The molecule has 2 amide bonds. The highest BCUT2D eigenvalue weighted by Crippen LogP contribution is 2.24. The van der Waals surface area contributed by atoms with Gasteiger partial charge in [-0.05, 0) is 26.0 Å². The van der Waals surface area contributed by atoms with Gasteiger partial charge in [0.1, 0.15) is 5.69 Å². The van der Waals surface area contributed by atoms with E-state index in [0.717, 1.165) is 12.1 Å². The summed E-state index contributed by atoms with van der Waals surface area (Å²) in [5.41, 5.74) is 0.791. The largest absolute Gasteiger partial charge is 0.394 e. The molecule has 1 aromatic carbocycles. The molecule has 0 radical (unpaired) electrons. The molecule has 0 bridgehead atoms. The Bertz CT molecular complexity index is 1210. The number of hydrogen-bond donors (Lipinski definition) is 2. The van der Waals surface area contributed by atoms with Crippen molar-refractivity contribution in [1.82, 2.24) is 24.6 Å². The topological polar surface area (TPSA) is 109 Å². The fraction of sp³-hybridized carbons (Fsp3) is 0.655. The molecular weight excluding hydrogens is 552 g/mol. The zero-order valence-electron chi connectivity index (χ0n) is 24.7. The van der Waals surface area contributed by atoms with Gasteiger partial charge in [-0.15, -0.1) is 0 Å². The number of hydrogen-bond acceptors (Lipinski definition) is 8. The molecule has 11 nitrogen and oxygen atoms in total. The summed E-state index contributed by atoms with van der Waals surface area (Å²) in [6.07, 6.45) is 0. The number of carbonyl (C=O) groups is 2. The molecule has 0 unspecified atom stereocenters. The molecule has 42 heavy (non-hydrogen) atoms. The average molecular weight is 596 g/mol. The maximum atomic E-state index is 13.8. The van der Waals surface area contributed by atoms with Crippen molar-refractivity contribution in [1.29, 1.82) is 0 Å². The maximum Gasteiger partial charge on any atom is 0.270 e. The first-order valence-electron chi connectivity index (χ1n) is 14.5. The third-order valence-corrected chi connectivity index (χ3v) is 7.89. The Morgan fingerprint density at radius 3 is 2.38 bits per heavy atom. The molecule has 0 aliphatic carbocycles. The zero-order valence-corrected chi connectivity index (χ0v) is 24.7. The molecule has 2 aliphatic rings. The number of aliphatic hydroxyl groups excluding tert-OH is 1. The van der Waals surface area contributed by atoms with Crippen molar-refractivity contribution in [2.24, 2.45) is 7.05 Å². The minimum absolute atomic E-state index is 0.00888. The van der Waals surface area contributed by atoms with Crippen molar-refractivity contribution >= 4 is 22.7 Å². The molecule has 2 fully saturated rings. The van der Waals surface area contributed by atoms with Gasteiger partial charge in [0, 0.05) is 69.3 Å². The van der Waals surface area contributed by atoms with Crippen LogP contribution < -0.4 is 5.32 Å². The van der Waals surface area contributed by atoms with Crippen molar-refractivity contribution in [3.63, 3.8) is 0 Å². The Labute approximate surface area is 245 Å². The number of halogens is 2. The number of amides is 2. The first kappa shape index (κ1) is 32.2. The highest BCUT2D eigenvalue weighted by Gasteiger charge is 2.34. The van der Waals surface area contributed by atoms with Crippen LogP contribution in [-0.2, 0) is 26.1 Å². The van der Waals surface area contributed by atoms with Gasteiger partial charge in [0.05, 0.1) is 58.3 Å². The van der Waals surface area contributed by atoms with Crippen LogP contribution >= 0.6 is 0 Å². The van der Waals surface area contributed by atoms with E-state index in [4.69, 9.17) is 19.3 Å². The number of aromatic nitrogens is 1. The molecule has 234 valence electrons. The molecule has 2 N–H and O–H groups in total. The van der Waals surface area contributed by atoms with Crippen LogP contribution in [0.1, 0.15) is 24.3 Å². The second kappa shape index (κ2) is 15.2. The summed E-state index contributed by atoms with van der Waals surface area (Å²) in [5, 5.41) is 12.6. The van der Waals surface area contributed by atoms with Crippen molar-refractivity contribution < 1.29 is 37.7 Å². The summed E-state index contributed by atoms with van der Waals surface area (Å²) in [7, 11) is 1.66. The fourth-order valence-corrected chi connectivity index (χ4v) is 5.59. The normalized spacial score (nSPS) is 21.8. The number of aliphatic hydroxyl groups is 1. The standard InChI is InChI=1S/C29H43F2N5O6/c1-20-16-35(23(15-32-20)19-42-11-10-41-9-8-40-7-6-37)18-28(38)36-5-4-34(17-21(36)2)29(39)27-13-22-12-24(30)25(31)14-26(22)33(27)3/h12-14,20-21,23,32,37H,4-11,15-19H2,1-3H3/t20-,21-,23-/m1/s1. The highest BCUT2D eigenvalue weighted by atomic mass is 19.2. The summed E-state index contributed by atoms with van der Waals surface area (Å²) in [6, 6.07) is 3.87. The third-order valence-electron chi connectivity index (χ3n) is 7.89. The number of nitrogens with one attached hydrogen (secondary N) is 1. The number of benzene rings is 1. The first-order valence-corrected chi connectivity index (χ1v) is 14.5. The van der Waals surface area contributed by atoms with Gasteiger partial charge >= 0.3 is 0 Å². The van der Waals surface area contributed by atoms with Crippen molar-refractivity contribution in [2.45, 2.75) is 32.0 Å². The summed E-state index contributed by atoms with van der Waals surface area (Å²) in [4.78, 5) is 32.5. The van der Waals surface area contributed by atoms with Crippen LogP contribution in [0.3, 0.4) is 0 Å². The molecule has 3 atom stereocenters. The van der Waals surface area contributed by atoms with Crippen LogP contribution in [0, 0.1) is 11.6 Å². The number of ether oxygens (including phenoxy) is 3. The molecule has 2 aliphatic heterocycles. The van der Waals surface area contributed by atoms with Gasteiger partial charge in [0.2, 0.25) is 5.91 Å². The number of nitrogens with zero attached hydrogens (tertiary/aromatic N) is 4. The number of rotatable bonds is 13. The van der Waals surface area contributed by atoms with E-state index >= 15 is 0 Å². The van der Waals surface area contributed by atoms with E-state index in [9.17, 15) is 18.4 Å². The quantitative estimate of drug-likeness (QED) is 0.328. The average Bonchev–Trinajstić information content (AvgIpc) is 3.27. The molecule has 2 aromatic rings. The van der Waals surface area contributed by atoms with E-state index < -0.39 is 11.6 Å². The Hall–Kier alpha value is -2.68. The van der Waals surface area contributed by atoms with Crippen LogP contribution in [-0.4, -0.2) is 140 Å². The lowest BCUT2D eigenvalue weighted by Gasteiger charge is -2.43. The third kappa shape index (κ3) is 8.03. The number of carbonyl (C=O) groups excluding carboxylic acids is 2. The monoisotopic (exact) mass is 595 g/mol. The van der Waals surface area contributed by atoms with E-state index in [1.165, 1.54) is 0 Å². The van der Waals surface area contributed by atoms with Crippen LogP contribution in [0.15, 0.2) is 18.2 Å². The number of fused-ring (bicyclic) bond motifs is 1. The lowest BCUT2D eigenvalue weighted by atomic mass is 10.1. The minimum atomic E-state index is -0.957. The van der Waals surface area contributed by atoms with Crippen LogP contribution in [0.25, 0.3) is 10.9 Å². The molecule has 4 rings (SSSR count). The molecule has 13 heteroatoms. The van der Waals surface area contributed by atoms with Crippen LogP contribution in [0.5, 0.6) is 0 Å². The van der Waals surface area contributed by atoms with Gasteiger partial charge in [0.15, 0.2) is 11.6 Å². The molecule has 1 aromatic heterocycles. The van der Waals surface area contributed by atoms with Gasteiger partial charge in [-0.2, -0.15) is 0 Å². The second-order valence-corrected chi connectivity index (χ2v) is 11.0. The van der Waals surface area contributed by atoms with Crippen molar-refractivity contribution in [2.75, 3.05) is 85.5 Å². The predicted octanol–water partition coefficient (Wildman–Crippen LogP) is 0.834. The minimum Gasteiger partial charge on any atom is -0.394 e. The first-order chi connectivity index (χ1) is 20.2. The summed E-state index contributed by atoms with van der Waals surface area (Å²) in [5.74, 6) is -2.13. The van der Waals surface area contributed by atoms with E-state index in [0.29, 0.717) is 89.0 Å². The zero-order chi connectivity index (χ0) is 30.2. The van der Waals surface area contributed by atoms with Crippen LogP contribution in [0.4, 0.5) is 8.78 Å². The van der Waals surface area contributed by atoms with E-state index in [1.54, 1.807) is 22.6 Å². The van der Waals surface area contributed by atoms with Crippen molar-refractivity contribution in [3.05, 3.63) is 35.5 Å². The van der Waals surface area contributed by atoms with E-state index in [-0.39, 0.29) is 43.1 Å². The molecule has 3 heterocycles. The Kier molecular flexibility index (Phi) is 11.6. The highest BCUT2D eigenvalue weighted by molar-refractivity contribution is 5.99. The van der Waals surface area contributed by atoms with E-state index in [1.807, 2.05) is 11.8 Å². The van der Waals surface area contributed by atoms with Crippen molar-refractivity contribution in [3.8, 4) is 0 Å². The van der Waals surface area contributed by atoms with Gasteiger partial charge in [-0.3, -0.25) is 14.5 Å². The van der Waals surface area contributed by atoms with Crippen LogP contribution in [0.2, 0.25) is 0 Å². The molecular formula is C29H43F2N5O6. The molecule has 0 spiro atoms. The van der Waals surface area contributed by atoms with Gasteiger partial charge in [-0.25, -0.2) is 8.78 Å². The Morgan fingerprint density at radius 2 is 1.67 bits per heavy atom. The molecule has 2 saturated heterocycles. The predicted molar refractivity (Wildman–Crippen MR) is 152 cm³/mol. The van der Waals surface area contributed by atoms with E-state index in [2.05, 4.69) is 17.1 Å². The fourth-order valence-electron chi connectivity index (χ4n) is 5.59. The summed E-state index contributed by atoms with van der Waals surface area (Å²) in [6.45, 7) is 9.32. The maximum absolute atomic E-state index is 13.8. The number of piperazine rings is 2.